The van der Waals surface area contributed by atoms with Crippen LogP contribution in [0.1, 0.15) is 29.0 Å². The summed E-state index contributed by atoms with van der Waals surface area (Å²) in [5, 5.41) is 19.6. The third-order valence-electron chi connectivity index (χ3n) is 2.49. The molecule has 0 saturated heterocycles. The van der Waals surface area contributed by atoms with Crippen LogP contribution in [0.15, 0.2) is 24.7 Å². The Morgan fingerprint density at radius 1 is 1.56 bits per heavy atom. The molecule has 1 unspecified atom stereocenters. The first-order chi connectivity index (χ1) is 8.58. The van der Waals surface area contributed by atoms with Crippen molar-refractivity contribution in [2.24, 2.45) is 0 Å². The molecule has 0 aliphatic heterocycles. The van der Waals surface area contributed by atoms with Crippen molar-refractivity contribution >= 4 is 11.6 Å². The molecule has 2 heterocycles. The lowest BCUT2D eigenvalue weighted by Gasteiger charge is -2.10. The van der Waals surface area contributed by atoms with E-state index < -0.39 is 10.8 Å². The average molecular weight is 249 g/mol. The van der Waals surface area contributed by atoms with Crippen LogP contribution in [0.3, 0.4) is 0 Å². The van der Waals surface area contributed by atoms with Gasteiger partial charge < -0.3 is 10.3 Å². The number of nitrogens with zero attached hydrogens (tertiary/aromatic N) is 2. The molecule has 0 aliphatic carbocycles. The normalized spacial score (nSPS) is 12.1. The standard InChI is InChI=1S/C10H11N5O3/c1-6(7-3-12-13-4-7)14-10(16)9-2-8(5-11-9)15(17)18/h2-6,11H,1H3,(H,12,13)(H,14,16). The Bertz CT molecular complexity index is 560. The zero-order valence-corrected chi connectivity index (χ0v) is 9.51. The largest absolute Gasteiger partial charge is 0.351 e. The van der Waals surface area contributed by atoms with Crippen molar-refractivity contribution in [2.45, 2.75) is 13.0 Å². The van der Waals surface area contributed by atoms with E-state index >= 15 is 0 Å². The molecule has 94 valence electrons. The van der Waals surface area contributed by atoms with Gasteiger partial charge in [0.2, 0.25) is 0 Å². The summed E-state index contributed by atoms with van der Waals surface area (Å²) in [6.45, 7) is 1.79. The van der Waals surface area contributed by atoms with E-state index in [1.807, 2.05) is 0 Å². The van der Waals surface area contributed by atoms with E-state index in [9.17, 15) is 14.9 Å². The molecule has 0 spiro atoms. The Labute approximate surface area is 102 Å². The molecule has 8 heteroatoms. The fourth-order valence-corrected chi connectivity index (χ4v) is 1.47. The van der Waals surface area contributed by atoms with Crippen LogP contribution in [0.5, 0.6) is 0 Å². The monoisotopic (exact) mass is 249 g/mol. The summed E-state index contributed by atoms with van der Waals surface area (Å²) >= 11 is 0. The van der Waals surface area contributed by atoms with Crippen molar-refractivity contribution < 1.29 is 9.72 Å². The highest BCUT2D eigenvalue weighted by Gasteiger charge is 2.16. The second kappa shape index (κ2) is 4.70. The summed E-state index contributed by atoms with van der Waals surface area (Å²) in [4.78, 5) is 24.3. The zero-order valence-electron chi connectivity index (χ0n) is 9.51. The number of carbonyl (C=O) groups is 1. The molecule has 3 N–H and O–H groups in total. The number of aromatic nitrogens is 3. The predicted octanol–water partition coefficient (Wildman–Crippen LogP) is 1.14. The van der Waals surface area contributed by atoms with Gasteiger partial charge in [-0.3, -0.25) is 20.0 Å². The third kappa shape index (κ3) is 2.37. The van der Waals surface area contributed by atoms with Crippen LogP contribution in [0.25, 0.3) is 0 Å². The molecule has 0 aliphatic rings. The fraction of sp³-hybridized carbons (Fsp3) is 0.200. The molecule has 0 fully saturated rings. The van der Waals surface area contributed by atoms with Crippen molar-refractivity contribution in [3.8, 4) is 0 Å². The van der Waals surface area contributed by atoms with Gasteiger partial charge in [-0.1, -0.05) is 0 Å². The van der Waals surface area contributed by atoms with E-state index in [0.29, 0.717) is 0 Å². The van der Waals surface area contributed by atoms with Gasteiger partial charge in [0.15, 0.2) is 0 Å². The fourth-order valence-electron chi connectivity index (χ4n) is 1.47. The minimum atomic E-state index is -0.563. The first kappa shape index (κ1) is 11.8. The van der Waals surface area contributed by atoms with Gasteiger partial charge in [0.1, 0.15) is 5.69 Å². The topological polar surface area (TPSA) is 117 Å². The molecule has 0 saturated carbocycles. The number of carbonyl (C=O) groups excluding carboxylic acids is 1. The number of nitro groups is 1. The van der Waals surface area contributed by atoms with Gasteiger partial charge in [-0.15, -0.1) is 0 Å². The summed E-state index contributed by atoms with van der Waals surface area (Å²) in [7, 11) is 0. The second-order valence-corrected chi connectivity index (χ2v) is 3.76. The molecular formula is C10H11N5O3. The minimum absolute atomic E-state index is 0.142. The van der Waals surface area contributed by atoms with Crippen molar-refractivity contribution in [1.29, 1.82) is 0 Å². The smallest absolute Gasteiger partial charge is 0.287 e. The highest BCUT2D eigenvalue weighted by atomic mass is 16.6. The molecular weight excluding hydrogens is 238 g/mol. The predicted molar refractivity (Wildman–Crippen MR) is 61.9 cm³/mol. The van der Waals surface area contributed by atoms with Crippen LogP contribution >= 0.6 is 0 Å². The first-order valence-electron chi connectivity index (χ1n) is 5.20. The summed E-state index contributed by atoms with van der Waals surface area (Å²) in [5.41, 5.74) is 0.831. The Morgan fingerprint density at radius 2 is 2.33 bits per heavy atom. The molecule has 0 aromatic carbocycles. The maximum atomic E-state index is 11.8. The van der Waals surface area contributed by atoms with Gasteiger partial charge in [0, 0.05) is 17.8 Å². The SMILES string of the molecule is CC(NC(=O)c1cc([N+](=O)[O-])c[nH]1)c1cn[nH]c1. The van der Waals surface area contributed by atoms with E-state index in [4.69, 9.17) is 0 Å². The van der Waals surface area contributed by atoms with Crippen LogP contribution in [-0.4, -0.2) is 26.0 Å². The van der Waals surface area contributed by atoms with Crippen LogP contribution in [0.4, 0.5) is 5.69 Å². The van der Waals surface area contributed by atoms with Crippen molar-refractivity contribution in [3.05, 3.63) is 46.0 Å². The van der Waals surface area contributed by atoms with Gasteiger partial charge in [0.05, 0.1) is 23.4 Å². The average Bonchev–Trinajstić information content (AvgIpc) is 3.00. The van der Waals surface area contributed by atoms with Gasteiger partial charge in [0.25, 0.3) is 11.6 Å². The van der Waals surface area contributed by atoms with E-state index in [1.54, 1.807) is 19.3 Å². The Morgan fingerprint density at radius 3 is 2.89 bits per heavy atom. The van der Waals surface area contributed by atoms with E-state index in [1.165, 1.54) is 12.3 Å². The van der Waals surface area contributed by atoms with E-state index in [-0.39, 0.29) is 17.4 Å². The van der Waals surface area contributed by atoms with Gasteiger partial charge in [-0.25, -0.2) is 0 Å². The molecule has 1 amide bonds. The summed E-state index contributed by atoms with van der Waals surface area (Å²) < 4.78 is 0. The van der Waals surface area contributed by atoms with Crippen LogP contribution in [-0.2, 0) is 0 Å². The third-order valence-corrected chi connectivity index (χ3v) is 2.49. The van der Waals surface area contributed by atoms with Crippen molar-refractivity contribution in [1.82, 2.24) is 20.5 Å². The number of hydrogen-bond donors (Lipinski definition) is 3. The number of aromatic amines is 2. The number of H-pyrrole nitrogens is 2. The molecule has 0 bridgehead atoms. The number of amides is 1. The molecule has 8 nitrogen and oxygen atoms in total. The van der Waals surface area contributed by atoms with Crippen molar-refractivity contribution in [2.75, 3.05) is 0 Å². The van der Waals surface area contributed by atoms with E-state index in [2.05, 4.69) is 20.5 Å². The second-order valence-electron chi connectivity index (χ2n) is 3.76. The maximum Gasteiger partial charge on any atom is 0.287 e. The summed E-state index contributed by atoms with van der Waals surface area (Å²) in [6.07, 6.45) is 4.45. The molecule has 2 aromatic heterocycles. The first-order valence-corrected chi connectivity index (χ1v) is 5.20. The van der Waals surface area contributed by atoms with Gasteiger partial charge in [-0.05, 0) is 6.92 Å². The van der Waals surface area contributed by atoms with Gasteiger partial charge >= 0.3 is 0 Å². The number of hydrogen-bond acceptors (Lipinski definition) is 4. The lowest BCUT2D eigenvalue weighted by atomic mass is 10.2. The van der Waals surface area contributed by atoms with E-state index in [0.717, 1.165) is 5.56 Å². The highest BCUT2D eigenvalue weighted by Crippen LogP contribution is 2.14. The lowest BCUT2D eigenvalue weighted by Crippen LogP contribution is -2.26. The highest BCUT2D eigenvalue weighted by molar-refractivity contribution is 5.93. The Kier molecular flexibility index (Phi) is 3.09. The summed E-state index contributed by atoms with van der Waals surface area (Å²) in [5.74, 6) is -0.406. The lowest BCUT2D eigenvalue weighted by molar-refractivity contribution is -0.384. The Balaban J connectivity index is 2.05. The van der Waals surface area contributed by atoms with Crippen LogP contribution in [0, 0.1) is 10.1 Å². The van der Waals surface area contributed by atoms with Crippen molar-refractivity contribution in [3.63, 3.8) is 0 Å². The number of rotatable bonds is 4. The zero-order chi connectivity index (χ0) is 13.1. The molecule has 18 heavy (non-hydrogen) atoms. The molecule has 1 atom stereocenters. The summed E-state index contributed by atoms with van der Waals surface area (Å²) in [6, 6.07) is 0.954. The van der Waals surface area contributed by atoms with Crippen LogP contribution < -0.4 is 5.32 Å². The maximum absolute atomic E-state index is 11.8. The van der Waals surface area contributed by atoms with Gasteiger partial charge in [-0.2, -0.15) is 5.10 Å². The van der Waals surface area contributed by atoms with Crippen LogP contribution in [0.2, 0.25) is 0 Å². The number of nitrogens with one attached hydrogen (secondary N) is 3. The molecule has 2 aromatic rings. The minimum Gasteiger partial charge on any atom is -0.351 e. The Hall–Kier alpha value is -2.64. The molecule has 0 radical (unpaired) electrons. The molecule has 2 rings (SSSR count). The quantitative estimate of drug-likeness (QED) is 0.556.